The van der Waals surface area contributed by atoms with E-state index in [1.807, 2.05) is 18.2 Å². The molecule has 0 unspecified atom stereocenters. The van der Waals surface area contributed by atoms with E-state index in [0.29, 0.717) is 5.82 Å². The van der Waals surface area contributed by atoms with Crippen LogP contribution in [0.4, 0.5) is 0 Å². The van der Waals surface area contributed by atoms with Crippen molar-refractivity contribution in [1.29, 1.82) is 5.26 Å². The number of hydrogen-bond acceptors (Lipinski definition) is 3. The molecule has 0 saturated heterocycles. The number of aryl methyl sites for hydroxylation is 1. The molecule has 0 bridgehead atoms. The Balaban J connectivity index is 1.98. The second kappa shape index (κ2) is 8.14. The highest BCUT2D eigenvalue weighted by atomic mass is 16.1. The van der Waals surface area contributed by atoms with Gasteiger partial charge in [-0.1, -0.05) is 56.9 Å². The van der Waals surface area contributed by atoms with Crippen LogP contribution in [0, 0.1) is 11.3 Å². The van der Waals surface area contributed by atoms with Gasteiger partial charge in [0, 0.05) is 5.56 Å². The van der Waals surface area contributed by atoms with Gasteiger partial charge in [-0.15, -0.1) is 0 Å². The molecule has 0 atom stereocenters. The third-order valence-corrected chi connectivity index (χ3v) is 3.72. The molecule has 22 heavy (non-hydrogen) atoms. The molecule has 0 aliphatic heterocycles. The zero-order valence-electron chi connectivity index (χ0n) is 12.9. The van der Waals surface area contributed by atoms with Gasteiger partial charge in [-0.05, 0) is 18.4 Å². The molecule has 114 valence electrons. The summed E-state index contributed by atoms with van der Waals surface area (Å²) in [4.78, 5) is 18.4. The zero-order chi connectivity index (χ0) is 15.8. The number of benzene rings is 1. The molecule has 0 aliphatic carbocycles. The molecule has 1 aromatic heterocycles. The van der Waals surface area contributed by atoms with E-state index in [-0.39, 0.29) is 5.56 Å². The largest absolute Gasteiger partial charge is 0.305 e. The third-order valence-electron chi connectivity index (χ3n) is 3.72. The first kappa shape index (κ1) is 16.0. The Morgan fingerprint density at radius 1 is 1.14 bits per heavy atom. The molecule has 0 fully saturated rings. The molecule has 0 spiro atoms. The average Bonchev–Trinajstić information content (AvgIpc) is 2.55. The van der Waals surface area contributed by atoms with Crippen LogP contribution >= 0.6 is 0 Å². The summed E-state index contributed by atoms with van der Waals surface area (Å²) in [6.45, 7) is 2.22. The van der Waals surface area contributed by atoms with Gasteiger partial charge in [-0.25, -0.2) is 4.98 Å². The van der Waals surface area contributed by atoms with Crippen molar-refractivity contribution in [2.45, 2.75) is 45.4 Å². The number of nitrogens with one attached hydrogen (secondary N) is 1. The molecule has 2 rings (SSSR count). The van der Waals surface area contributed by atoms with Crippen molar-refractivity contribution in [2.24, 2.45) is 0 Å². The molecular formula is C18H21N3O. The Bertz CT molecular complexity index is 696. The number of nitrogens with zero attached hydrogens (tertiary/aromatic N) is 2. The van der Waals surface area contributed by atoms with Crippen molar-refractivity contribution in [1.82, 2.24) is 9.97 Å². The maximum Gasteiger partial charge on any atom is 0.269 e. The van der Waals surface area contributed by atoms with Gasteiger partial charge in [0.05, 0.1) is 6.20 Å². The summed E-state index contributed by atoms with van der Waals surface area (Å²) in [6.07, 6.45) is 8.79. The highest BCUT2D eigenvalue weighted by Crippen LogP contribution is 2.16. The number of unbranched alkanes of at least 4 members (excludes halogenated alkanes) is 4. The van der Waals surface area contributed by atoms with E-state index in [9.17, 15) is 4.79 Å². The van der Waals surface area contributed by atoms with Crippen LogP contribution in [0.2, 0.25) is 0 Å². The van der Waals surface area contributed by atoms with E-state index in [2.05, 4.69) is 29.0 Å². The van der Waals surface area contributed by atoms with Crippen LogP contribution in [0.15, 0.2) is 35.3 Å². The van der Waals surface area contributed by atoms with E-state index in [0.717, 1.165) is 12.0 Å². The van der Waals surface area contributed by atoms with Gasteiger partial charge in [-0.2, -0.15) is 5.26 Å². The lowest BCUT2D eigenvalue weighted by Crippen LogP contribution is -2.12. The molecule has 1 N–H and O–H groups in total. The Morgan fingerprint density at radius 2 is 1.86 bits per heavy atom. The molecule has 0 saturated carbocycles. The van der Waals surface area contributed by atoms with Crippen LogP contribution < -0.4 is 5.56 Å². The van der Waals surface area contributed by atoms with Crippen molar-refractivity contribution in [2.75, 3.05) is 0 Å². The lowest BCUT2D eigenvalue weighted by Gasteiger charge is -2.04. The molecule has 0 radical (unpaired) electrons. The zero-order valence-corrected chi connectivity index (χ0v) is 12.9. The molecule has 1 aromatic carbocycles. The van der Waals surface area contributed by atoms with Crippen molar-refractivity contribution < 1.29 is 0 Å². The summed E-state index contributed by atoms with van der Waals surface area (Å²) in [6, 6.07) is 9.90. The Hall–Kier alpha value is -2.41. The van der Waals surface area contributed by atoms with Crippen molar-refractivity contribution in [3.8, 4) is 17.5 Å². The normalized spacial score (nSPS) is 10.4. The molecule has 1 heterocycles. The molecule has 0 aliphatic rings. The predicted molar refractivity (Wildman–Crippen MR) is 87.5 cm³/mol. The molecule has 0 amide bonds. The minimum absolute atomic E-state index is 0.0347. The minimum Gasteiger partial charge on any atom is -0.305 e. The van der Waals surface area contributed by atoms with Crippen molar-refractivity contribution >= 4 is 0 Å². The fourth-order valence-electron chi connectivity index (χ4n) is 2.38. The van der Waals surface area contributed by atoms with E-state index in [4.69, 9.17) is 5.26 Å². The van der Waals surface area contributed by atoms with Crippen molar-refractivity contribution in [3.63, 3.8) is 0 Å². The lowest BCUT2D eigenvalue weighted by atomic mass is 10.0. The van der Waals surface area contributed by atoms with Gasteiger partial charge in [0.2, 0.25) is 0 Å². The Labute approximate surface area is 130 Å². The number of H-pyrrole nitrogens is 1. The number of aromatic amines is 1. The number of nitriles is 1. The van der Waals surface area contributed by atoms with Crippen molar-refractivity contribution in [3.05, 3.63) is 51.9 Å². The summed E-state index contributed by atoms with van der Waals surface area (Å²) < 4.78 is 0. The smallest absolute Gasteiger partial charge is 0.269 e. The van der Waals surface area contributed by atoms with Gasteiger partial charge in [0.1, 0.15) is 17.5 Å². The first-order valence-electron chi connectivity index (χ1n) is 7.83. The van der Waals surface area contributed by atoms with Crippen LogP contribution in [-0.2, 0) is 6.42 Å². The monoisotopic (exact) mass is 295 g/mol. The second-order valence-corrected chi connectivity index (χ2v) is 5.45. The summed E-state index contributed by atoms with van der Waals surface area (Å²) in [7, 11) is 0. The van der Waals surface area contributed by atoms with Gasteiger partial charge < -0.3 is 4.98 Å². The average molecular weight is 295 g/mol. The van der Waals surface area contributed by atoms with Crippen LogP contribution in [0.1, 0.15) is 50.2 Å². The van der Waals surface area contributed by atoms with Gasteiger partial charge in [-0.3, -0.25) is 4.79 Å². The van der Waals surface area contributed by atoms with E-state index in [1.165, 1.54) is 43.9 Å². The fraction of sp³-hybridized carbons (Fsp3) is 0.389. The Kier molecular flexibility index (Phi) is 5.91. The highest BCUT2D eigenvalue weighted by molar-refractivity contribution is 5.55. The number of aromatic nitrogens is 2. The predicted octanol–water partition coefficient (Wildman–Crippen LogP) is 3.82. The van der Waals surface area contributed by atoms with Crippen LogP contribution in [0.5, 0.6) is 0 Å². The van der Waals surface area contributed by atoms with Gasteiger partial charge >= 0.3 is 0 Å². The number of hydrogen-bond donors (Lipinski definition) is 1. The first-order valence-corrected chi connectivity index (χ1v) is 7.83. The van der Waals surface area contributed by atoms with Crippen LogP contribution in [0.3, 0.4) is 0 Å². The van der Waals surface area contributed by atoms with E-state index >= 15 is 0 Å². The summed E-state index contributed by atoms with van der Waals surface area (Å²) in [5.74, 6) is 0.499. The minimum atomic E-state index is -0.396. The quantitative estimate of drug-likeness (QED) is 0.789. The summed E-state index contributed by atoms with van der Waals surface area (Å²) >= 11 is 0. The fourth-order valence-corrected chi connectivity index (χ4v) is 2.38. The highest BCUT2D eigenvalue weighted by Gasteiger charge is 2.04. The van der Waals surface area contributed by atoms with Gasteiger partial charge in [0.25, 0.3) is 5.56 Å². The molecule has 4 heteroatoms. The SMILES string of the molecule is CCCCCCCc1ccc(-c2ncc(C#N)c(=O)[nH]2)cc1. The first-order chi connectivity index (χ1) is 10.7. The van der Waals surface area contributed by atoms with E-state index in [1.54, 1.807) is 0 Å². The topological polar surface area (TPSA) is 69.5 Å². The maximum atomic E-state index is 11.6. The number of rotatable bonds is 7. The standard InChI is InChI=1S/C18H21N3O/c1-2-3-4-5-6-7-14-8-10-15(11-9-14)17-20-13-16(12-19)18(22)21-17/h8-11,13H,2-7H2,1H3,(H,20,21,22). The van der Waals surface area contributed by atoms with Gasteiger partial charge in [0.15, 0.2) is 0 Å². The van der Waals surface area contributed by atoms with Crippen LogP contribution in [0.25, 0.3) is 11.4 Å². The maximum absolute atomic E-state index is 11.6. The summed E-state index contributed by atoms with van der Waals surface area (Å²) in [5.41, 5.74) is 1.80. The molecule has 4 nitrogen and oxygen atoms in total. The van der Waals surface area contributed by atoms with Crippen LogP contribution in [-0.4, -0.2) is 9.97 Å². The molecular weight excluding hydrogens is 274 g/mol. The molecule has 2 aromatic rings. The lowest BCUT2D eigenvalue weighted by molar-refractivity contribution is 0.632. The Morgan fingerprint density at radius 3 is 2.50 bits per heavy atom. The third kappa shape index (κ3) is 4.29. The van der Waals surface area contributed by atoms with E-state index < -0.39 is 5.56 Å². The second-order valence-electron chi connectivity index (χ2n) is 5.45. The summed E-state index contributed by atoms with van der Waals surface area (Å²) in [5, 5.41) is 8.74.